The fourth-order valence-corrected chi connectivity index (χ4v) is 2.85. The minimum atomic E-state index is -0.208. The van der Waals surface area contributed by atoms with E-state index in [2.05, 4.69) is 26.5 Å². The van der Waals surface area contributed by atoms with Gasteiger partial charge in [0.15, 0.2) is 0 Å². The van der Waals surface area contributed by atoms with Gasteiger partial charge in [-0.25, -0.2) is 5.43 Å². The predicted molar refractivity (Wildman–Crippen MR) is 76.3 cm³/mol. The molecule has 0 spiro atoms. The van der Waals surface area contributed by atoms with Crippen LogP contribution in [0.2, 0.25) is 5.02 Å². The Hall–Kier alpha value is -0.880. The molecule has 18 heavy (non-hydrogen) atoms. The molecule has 0 aliphatic rings. The van der Waals surface area contributed by atoms with Gasteiger partial charge in [0.2, 0.25) is 0 Å². The molecule has 1 aromatic carbocycles. The summed E-state index contributed by atoms with van der Waals surface area (Å²) in [5.74, 6) is 5.67. The first kappa shape index (κ1) is 13.5. The third kappa shape index (κ3) is 2.44. The van der Waals surface area contributed by atoms with Gasteiger partial charge >= 0.3 is 0 Å². The molecule has 1 aromatic heterocycles. The van der Waals surface area contributed by atoms with E-state index < -0.39 is 0 Å². The number of rotatable bonds is 3. The summed E-state index contributed by atoms with van der Waals surface area (Å²) in [6.45, 7) is 2.00. The Morgan fingerprint density at radius 3 is 2.72 bits per heavy atom. The van der Waals surface area contributed by atoms with E-state index in [9.17, 15) is 0 Å². The van der Waals surface area contributed by atoms with Crippen LogP contribution in [0.5, 0.6) is 0 Å². The second kappa shape index (κ2) is 5.40. The van der Waals surface area contributed by atoms with Crippen LogP contribution in [0, 0.1) is 6.92 Å². The van der Waals surface area contributed by atoms with E-state index in [1.807, 2.05) is 32.2 Å². The first-order valence-electron chi connectivity index (χ1n) is 5.44. The number of nitrogens with one attached hydrogen (secondary N) is 1. The van der Waals surface area contributed by atoms with Gasteiger partial charge in [0, 0.05) is 12.1 Å². The van der Waals surface area contributed by atoms with Crippen molar-refractivity contribution in [2.24, 2.45) is 12.9 Å². The molecule has 0 aliphatic heterocycles. The summed E-state index contributed by atoms with van der Waals surface area (Å²) >= 11 is 9.76. The van der Waals surface area contributed by atoms with Gasteiger partial charge < -0.3 is 0 Å². The van der Waals surface area contributed by atoms with Crippen LogP contribution in [-0.4, -0.2) is 9.78 Å². The van der Waals surface area contributed by atoms with E-state index in [0.717, 1.165) is 21.3 Å². The number of hydrazine groups is 1. The zero-order valence-corrected chi connectivity index (χ0v) is 12.5. The van der Waals surface area contributed by atoms with E-state index in [0.29, 0.717) is 5.02 Å². The van der Waals surface area contributed by atoms with Crippen molar-refractivity contribution in [3.8, 4) is 0 Å². The fraction of sp³-hybridized carbons (Fsp3) is 0.250. The summed E-state index contributed by atoms with van der Waals surface area (Å²) in [5.41, 5.74) is 5.76. The highest BCUT2D eigenvalue weighted by Crippen LogP contribution is 2.32. The summed E-state index contributed by atoms with van der Waals surface area (Å²) in [7, 11) is 1.87. The van der Waals surface area contributed by atoms with Crippen molar-refractivity contribution in [1.29, 1.82) is 0 Å². The Bertz CT molecular complexity index is 548. The molecule has 4 nitrogen and oxygen atoms in total. The van der Waals surface area contributed by atoms with Gasteiger partial charge in [-0.3, -0.25) is 10.5 Å². The zero-order valence-electron chi connectivity index (χ0n) is 10.1. The minimum absolute atomic E-state index is 0.208. The average Bonchev–Trinajstić information content (AvgIpc) is 2.64. The standard InChI is InChI=1S/C12H14BrClN4/c1-7-3-4-8(10(14)5-7)11(17-15)12-9(13)6-16-18(12)2/h3-6,11,17H,15H2,1-2H3. The van der Waals surface area contributed by atoms with E-state index >= 15 is 0 Å². The molecular formula is C12H14BrClN4. The van der Waals surface area contributed by atoms with Crippen molar-refractivity contribution in [1.82, 2.24) is 15.2 Å². The number of hydrogen-bond acceptors (Lipinski definition) is 3. The lowest BCUT2D eigenvalue weighted by Crippen LogP contribution is -2.30. The molecule has 0 saturated carbocycles. The van der Waals surface area contributed by atoms with Crippen LogP contribution < -0.4 is 11.3 Å². The third-order valence-electron chi connectivity index (χ3n) is 2.84. The summed E-state index contributed by atoms with van der Waals surface area (Å²) in [6, 6.07) is 5.70. The zero-order chi connectivity index (χ0) is 13.3. The molecule has 0 fully saturated rings. The van der Waals surface area contributed by atoms with E-state index in [1.54, 1.807) is 10.9 Å². The smallest absolute Gasteiger partial charge is 0.0904 e. The largest absolute Gasteiger partial charge is 0.271 e. The van der Waals surface area contributed by atoms with Gasteiger partial charge in [-0.2, -0.15) is 5.10 Å². The quantitative estimate of drug-likeness (QED) is 0.672. The molecule has 1 atom stereocenters. The molecule has 96 valence electrons. The average molecular weight is 330 g/mol. The highest BCUT2D eigenvalue weighted by atomic mass is 79.9. The lowest BCUT2D eigenvalue weighted by atomic mass is 10.0. The van der Waals surface area contributed by atoms with Gasteiger partial charge in [-0.1, -0.05) is 23.7 Å². The lowest BCUT2D eigenvalue weighted by molar-refractivity contribution is 0.573. The third-order valence-corrected chi connectivity index (χ3v) is 3.78. The first-order valence-corrected chi connectivity index (χ1v) is 6.61. The summed E-state index contributed by atoms with van der Waals surface area (Å²) in [5, 5.41) is 4.88. The summed E-state index contributed by atoms with van der Waals surface area (Å²) in [4.78, 5) is 0. The SMILES string of the molecule is Cc1ccc(C(NN)c2c(Br)cnn2C)c(Cl)c1. The van der Waals surface area contributed by atoms with Crippen LogP contribution in [0.4, 0.5) is 0 Å². The maximum Gasteiger partial charge on any atom is 0.0904 e. The Morgan fingerprint density at radius 2 is 2.22 bits per heavy atom. The number of aromatic nitrogens is 2. The van der Waals surface area contributed by atoms with Crippen molar-refractivity contribution in [2.75, 3.05) is 0 Å². The predicted octanol–water partition coefficient (Wildman–Crippen LogP) is 2.70. The molecule has 0 aliphatic carbocycles. The van der Waals surface area contributed by atoms with Crippen LogP contribution in [-0.2, 0) is 7.05 Å². The molecule has 0 bridgehead atoms. The van der Waals surface area contributed by atoms with Gasteiger partial charge in [-0.15, -0.1) is 0 Å². The number of nitrogens with zero attached hydrogens (tertiary/aromatic N) is 2. The van der Waals surface area contributed by atoms with E-state index in [4.69, 9.17) is 17.4 Å². The fourth-order valence-electron chi connectivity index (χ4n) is 1.93. The molecule has 0 amide bonds. The number of halogens is 2. The first-order chi connectivity index (χ1) is 8.54. The Labute approximate surface area is 119 Å². The summed E-state index contributed by atoms with van der Waals surface area (Å²) < 4.78 is 2.66. The number of nitrogens with two attached hydrogens (primary N) is 1. The van der Waals surface area contributed by atoms with Gasteiger partial charge in [0.1, 0.15) is 0 Å². The van der Waals surface area contributed by atoms with Crippen LogP contribution in [0.15, 0.2) is 28.9 Å². The van der Waals surface area contributed by atoms with Crippen molar-refractivity contribution in [2.45, 2.75) is 13.0 Å². The highest BCUT2D eigenvalue weighted by molar-refractivity contribution is 9.10. The van der Waals surface area contributed by atoms with Crippen molar-refractivity contribution in [3.63, 3.8) is 0 Å². The maximum atomic E-state index is 6.28. The summed E-state index contributed by atoms with van der Waals surface area (Å²) in [6.07, 6.45) is 1.74. The number of hydrogen-bond donors (Lipinski definition) is 2. The molecule has 1 unspecified atom stereocenters. The van der Waals surface area contributed by atoms with Crippen molar-refractivity contribution < 1.29 is 0 Å². The molecule has 0 radical (unpaired) electrons. The van der Waals surface area contributed by atoms with Crippen LogP contribution >= 0.6 is 27.5 Å². The minimum Gasteiger partial charge on any atom is -0.271 e. The number of benzene rings is 1. The van der Waals surface area contributed by atoms with Crippen LogP contribution in [0.3, 0.4) is 0 Å². The van der Waals surface area contributed by atoms with Gasteiger partial charge in [-0.05, 0) is 40.0 Å². The van der Waals surface area contributed by atoms with E-state index in [-0.39, 0.29) is 6.04 Å². The maximum absolute atomic E-state index is 6.28. The molecular weight excluding hydrogens is 316 g/mol. The van der Waals surface area contributed by atoms with E-state index in [1.165, 1.54) is 0 Å². The molecule has 1 heterocycles. The Morgan fingerprint density at radius 1 is 1.50 bits per heavy atom. The van der Waals surface area contributed by atoms with Gasteiger partial charge in [0.25, 0.3) is 0 Å². The van der Waals surface area contributed by atoms with Crippen molar-refractivity contribution in [3.05, 3.63) is 50.7 Å². The molecule has 0 saturated heterocycles. The normalized spacial score (nSPS) is 12.7. The van der Waals surface area contributed by atoms with Crippen LogP contribution in [0.25, 0.3) is 0 Å². The second-order valence-electron chi connectivity index (χ2n) is 4.13. The molecule has 6 heteroatoms. The Balaban J connectivity index is 2.52. The Kier molecular flexibility index (Phi) is 4.07. The highest BCUT2D eigenvalue weighted by Gasteiger charge is 2.21. The molecule has 2 rings (SSSR count). The van der Waals surface area contributed by atoms with Gasteiger partial charge in [0.05, 0.1) is 22.4 Å². The molecule has 2 aromatic rings. The monoisotopic (exact) mass is 328 g/mol. The number of aryl methyl sites for hydroxylation is 2. The van der Waals surface area contributed by atoms with Crippen LogP contribution in [0.1, 0.15) is 22.9 Å². The second-order valence-corrected chi connectivity index (χ2v) is 5.39. The van der Waals surface area contributed by atoms with Crippen molar-refractivity contribution >= 4 is 27.5 Å². The topological polar surface area (TPSA) is 55.9 Å². The lowest BCUT2D eigenvalue weighted by Gasteiger charge is -2.19. The molecule has 3 N–H and O–H groups in total.